The van der Waals surface area contributed by atoms with Gasteiger partial charge < -0.3 is 26.0 Å². The summed E-state index contributed by atoms with van der Waals surface area (Å²) in [4.78, 5) is 59.6. The van der Waals surface area contributed by atoms with E-state index in [4.69, 9.17) is 0 Å². The topological polar surface area (TPSA) is 170 Å². The van der Waals surface area contributed by atoms with Crippen LogP contribution in [0.5, 0.6) is 0 Å². The zero-order chi connectivity index (χ0) is 23.6. The number of unbranched alkanes of at least 4 members (excludes halogenated alkanes) is 2. The molecule has 0 spiro atoms. The Balaban J connectivity index is 2.95. The summed E-state index contributed by atoms with van der Waals surface area (Å²) in [5.74, 6) is -7.60. The van der Waals surface area contributed by atoms with E-state index in [0.717, 1.165) is 6.42 Å². The van der Waals surface area contributed by atoms with Crippen LogP contribution in [-0.4, -0.2) is 51.1 Å². The van der Waals surface area contributed by atoms with Crippen LogP contribution in [-0.2, 0) is 24.0 Å². The molecule has 10 heteroatoms. The van der Waals surface area contributed by atoms with E-state index in [1.807, 2.05) is 13.8 Å². The molecule has 0 aromatic heterocycles. The third-order valence-corrected chi connectivity index (χ3v) is 5.38. The highest BCUT2D eigenvalue weighted by Gasteiger charge is 2.40. The Morgan fingerprint density at radius 2 is 1.48 bits per heavy atom. The number of rotatable bonds is 12. The first-order chi connectivity index (χ1) is 14.6. The van der Waals surface area contributed by atoms with Gasteiger partial charge in [0.25, 0.3) is 0 Å². The maximum atomic E-state index is 12.7. The van der Waals surface area contributed by atoms with Crippen molar-refractivity contribution in [2.24, 2.45) is 17.8 Å². The molecule has 1 saturated carbocycles. The predicted octanol–water partition coefficient (Wildman–Crippen LogP) is 1.75. The summed E-state index contributed by atoms with van der Waals surface area (Å²) in [6, 6.07) is -1.08. The molecular weight excluding hydrogens is 408 g/mol. The Morgan fingerprint density at radius 3 is 1.97 bits per heavy atom. The van der Waals surface area contributed by atoms with Gasteiger partial charge in [0.2, 0.25) is 11.8 Å². The van der Waals surface area contributed by atoms with Crippen LogP contribution in [0.1, 0.15) is 65.2 Å². The second kappa shape index (κ2) is 12.7. The lowest BCUT2D eigenvalue weighted by Gasteiger charge is -2.32. The number of carbonyl (C=O) groups is 5. The molecule has 0 aromatic carbocycles. The van der Waals surface area contributed by atoms with Gasteiger partial charge in [-0.3, -0.25) is 14.4 Å². The van der Waals surface area contributed by atoms with E-state index in [2.05, 4.69) is 10.6 Å². The number of hydrogen-bond donors (Lipinski definition) is 5. The van der Waals surface area contributed by atoms with Crippen LogP contribution in [0.15, 0.2) is 11.8 Å². The molecule has 31 heavy (non-hydrogen) atoms. The van der Waals surface area contributed by atoms with E-state index in [9.17, 15) is 39.3 Å². The first kappa shape index (κ1) is 26.1. The first-order valence-electron chi connectivity index (χ1n) is 10.6. The standard InChI is InChI=1S/C21H32N2O8/c1-3-5-7-15(20(28)29)22-17(24)12-9-13(11-14(10-12)19(26)27)18(25)23-16(21(30)31)8-6-4-2/h7,12-14,16H,3-6,8-11H2,1-2H3,(H,22,24)(H,23,25)(H,26,27)(H,28,29)(H,30,31)/b15-7+/t12-,13+,14-,16-/m0/s1. The molecule has 0 aliphatic heterocycles. The molecule has 0 heterocycles. The van der Waals surface area contributed by atoms with Gasteiger partial charge in [-0.15, -0.1) is 0 Å². The van der Waals surface area contributed by atoms with Crippen molar-refractivity contribution in [3.8, 4) is 0 Å². The number of allylic oxidation sites excluding steroid dienone is 1. The largest absolute Gasteiger partial charge is 0.481 e. The van der Waals surface area contributed by atoms with Crippen molar-refractivity contribution in [1.29, 1.82) is 0 Å². The molecule has 0 radical (unpaired) electrons. The van der Waals surface area contributed by atoms with Crippen LogP contribution in [0.2, 0.25) is 0 Å². The highest BCUT2D eigenvalue weighted by molar-refractivity contribution is 5.94. The van der Waals surface area contributed by atoms with E-state index in [0.29, 0.717) is 19.3 Å². The molecule has 0 unspecified atom stereocenters. The highest BCUT2D eigenvalue weighted by atomic mass is 16.4. The monoisotopic (exact) mass is 440 g/mol. The van der Waals surface area contributed by atoms with Gasteiger partial charge in [0.05, 0.1) is 5.92 Å². The fourth-order valence-electron chi connectivity index (χ4n) is 3.62. The van der Waals surface area contributed by atoms with Crippen molar-refractivity contribution >= 4 is 29.7 Å². The van der Waals surface area contributed by atoms with Crippen molar-refractivity contribution in [2.45, 2.75) is 71.3 Å². The van der Waals surface area contributed by atoms with Gasteiger partial charge in [0.1, 0.15) is 11.7 Å². The van der Waals surface area contributed by atoms with Crippen molar-refractivity contribution < 1.29 is 39.3 Å². The minimum absolute atomic E-state index is 0.0114. The van der Waals surface area contributed by atoms with Gasteiger partial charge >= 0.3 is 17.9 Å². The molecule has 1 aliphatic rings. The zero-order valence-electron chi connectivity index (χ0n) is 17.9. The maximum Gasteiger partial charge on any atom is 0.352 e. The first-order valence-corrected chi connectivity index (χ1v) is 10.6. The third kappa shape index (κ3) is 8.39. The summed E-state index contributed by atoms with van der Waals surface area (Å²) >= 11 is 0. The van der Waals surface area contributed by atoms with Crippen molar-refractivity contribution in [3.63, 3.8) is 0 Å². The van der Waals surface area contributed by atoms with Gasteiger partial charge in [0, 0.05) is 11.8 Å². The average Bonchev–Trinajstić information content (AvgIpc) is 2.72. The van der Waals surface area contributed by atoms with Crippen molar-refractivity contribution in [1.82, 2.24) is 10.6 Å². The number of nitrogens with one attached hydrogen (secondary N) is 2. The second-order valence-corrected chi connectivity index (χ2v) is 7.88. The fourth-order valence-corrected chi connectivity index (χ4v) is 3.62. The number of hydrogen-bond acceptors (Lipinski definition) is 5. The Bertz CT molecular complexity index is 718. The Hall–Kier alpha value is -2.91. The van der Waals surface area contributed by atoms with Crippen LogP contribution in [0, 0.1) is 17.8 Å². The van der Waals surface area contributed by atoms with Crippen molar-refractivity contribution in [2.75, 3.05) is 0 Å². The van der Waals surface area contributed by atoms with E-state index < -0.39 is 53.5 Å². The summed E-state index contributed by atoms with van der Waals surface area (Å²) in [6.07, 6.45) is 4.10. The number of amides is 2. The average molecular weight is 440 g/mol. The molecule has 0 aromatic rings. The molecule has 0 saturated heterocycles. The third-order valence-electron chi connectivity index (χ3n) is 5.38. The number of carbonyl (C=O) groups excluding carboxylic acids is 2. The smallest absolute Gasteiger partial charge is 0.352 e. The summed E-state index contributed by atoms with van der Waals surface area (Å²) in [5, 5.41) is 32.8. The van der Waals surface area contributed by atoms with E-state index in [1.165, 1.54) is 6.08 Å². The lowest BCUT2D eigenvalue weighted by Crippen LogP contribution is -2.47. The SMILES string of the molecule is CCC/C=C(/NC(=O)[C@@H]1C[C@H](C(=O)O)C[C@H](C(=O)N[C@@H](CCCC)C(=O)O)C1)C(=O)O. The van der Waals surface area contributed by atoms with E-state index >= 15 is 0 Å². The van der Waals surface area contributed by atoms with Crippen LogP contribution >= 0.6 is 0 Å². The second-order valence-electron chi connectivity index (χ2n) is 7.88. The molecule has 5 N–H and O–H groups in total. The number of carboxylic acid groups (broad SMARTS) is 3. The van der Waals surface area contributed by atoms with Crippen LogP contribution in [0.25, 0.3) is 0 Å². The predicted molar refractivity (Wildman–Crippen MR) is 110 cm³/mol. The molecule has 0 bridgehead atoms. The van der Waals surface area contributed by atoms with Gasteiger partial charge in [-0.2, -0.15) is 0 Å². The van der Waals surface area contributed by atoms with Gasteiger partial charge in [-0.1, -0.05) is 39.2 Å². The minimum Gasteiger partial charge on any atom is -0.481 e. The molecule has 1 aliphatic carbocycles. The van der Waals surface area contributed by atoms with Crippen molar-refractivity contribution in [3.05, 3.63) is 11.8 Å². The Morgan fingerprint density at radius 1 is 0.903 bits per heavy atom. The Kier molecular flexibility index (Phi) is 10.7. The number of aliphatic carboxylic acids is 3. The molecular formula is C21H32N2O8. The normalized spacial score (nSPS) is 22.3. The summed E-state index contributed by atoms with van der Waals surface area (Å²) in [5.41, 5.74) is -0.282. The Labute approximate surface area is 181 Å². The molecule has 174 valence electrons. The van der Waals surface area contributed by atoms with Gasteiger partial charge in [-0.05, 0) is 32.1 Å². The number of carboxylic acids is 3. The fraction of sp³-hybridized carbons (Fsp3) is 0.667. The zero-order valence-corrected chi connectivity index (χ0v) is 17.9. The van der Waals surface area contributed by atoms with Crippen LogP contribution < -0.4 is 10.6 Å². The van der Waals surface area contributed by atoms with Crippen LogP contribution in [0.3, 0.4) is 0 Å². The minimum atomic E-state index is -1.30. The quantitative estimate of drug-likeness (QED) is 0.286. The lowest BCUT2D eigenvalue weighted by atomic mass is 9.74. The summed E-state index contributed by atoms with van der Waals surface area (Å²) < 4.78 is 0. The lowest BCUT2D eigenvalue weighted by molar-refractivity contribution is -0.148. The molecule has 2 amide bonds. The summed E-state index contributed by atoms with van der Waals surface area (Å²) in [7, 11) is 0. The molecule has 1 fully saturated rings. The maximum absolute atomic E-state index is 12.7. The van der Waals surface area contributed by atoms with E-state index in [1.54, 1.807) is 0 Å². The highest BCUT2D eigenvalue weighted by Crippen LogP contribution is 2.34. The molecule has 1 rings (SSSR count). The summed E-state index contributed by atoms with van der Waals surface area (Å²) in [6.45, 7) is 3.74. The molecule has 10 nitrogen and oxygen atoms in total. The van der Waals surface area contributed by atoms with Gasteiger partial charge in [-0.25, -0.2) is 9.59 Å². The van der Waals surface area contributed by atoms with Gasteiger partial charge in [0.15, 0.2) is 0 Å². The van der Waals surface area contributed by atoms with E-state index in [-0.39, 0.29) is 31.4 Å². The van der Waals surface area contributed by atoms with Crippen LogP contribution in [0.4, 0.5) is 0 Å². The molecule has 4 atom stereocenters.